The first-order valence-corrected chi connectivity index (χ1v) is 6.08. The van der Waals surface area contributed by atoms with Crippen molar-refractivity contribution in [3.8, 4) is 23.8 Å². The molecule has 0 unspecified atom stereocenters. The third kappa shape index (κ3) is 3.37. The molecule has 2 aromatic rings. The molecule has 0 saturated heterocycles. The average molecular weight is 280 g/mol. The zero-order chi connectivity index (χ0) is 15.1. The zero-order valence-electron chi connectivity index (χ0n) is 11.1. The number of nitriles is 2. The molecule has 0 saturated carbocycles. The number of nitrogens with zero attached hydrogens (tertiary/aromatic N) is 5. The van der Waals surface area contributed by atoms with E-state index in [0.29, 0.717) is 11.6 Å². The summed E-state index contributed by atoms with van der Waals surface area (Å²) in [4.78, 5) is 9.46. The topological polar surface area (TPSA) is 112 Å². The van der Waals surface area contributed by atoms with Gasteiger partial charge in [-0.15, -0.1) is 0 Å². The first-order valence-electron chi connectivity index (χ1n) is 6.08. The van der Waals surface area contributed by atoms with Gasteiger partial charge in [-0.05, 0) is 12.1 Å². The van der Waals surface area contributed by atoms with E-state index in [1.165, 1.54) is 11.2 Å². The Morgan fingerprint density at radius 2 is 1.76 bits per heavy atom. The van der Waals surface area contributed by atoms with Crippen LogP contribution in [0.25, 0.3) is 0 Å². The summed E-state index contributed by atoms with van der Waals surface area (Å²) in [5.74, 6) is 1.08. The molecule has 0 aliphatic heterocycles. The summed E-state index contributed by atoms with van der Waals surface area (Å²) in [7, 11) is 0. The molecule has 2 rings (SSSR count). The normalized spacial score (nSPS) is 9.43. The van der Waals surface area contributed by atoms with Crippen LogP contribution in [-0.4, -0.2) is 23.1 Å². The van der Waals surface area contributed by atoms with E-state index in [2.05, 4.69) is 9.97 Å². The van der Waals surface area contributed by atoms with Gasteiger partial charge in [0.1, 0.15) is 30.9 Å². The van der Waals surface area contributed by atoms with E-state index < -0.39 is 0 Å². The lowest BCUT2D eigenvalue weighted by Gasteiger charge is -2.19. The van der Waals surface area contributed by atoms with Gasteiger partial charge in [-0.25, -0.2) is 4.98 Å². The van der Waals surface area contributed by atoms with Gasteiger partial charge in [-0.3, -0.25) is 0 Å². The fraction of sp³-hybridized carbons (Fsp3) is 0.143. The van der Waals surface area contributed by atoms with E-state index in [1.807, 2.05) is 30.3 Å². The van der Waals surface area contributed by atoms with Crippen molar-refractivity contribution >= 4 is 11.5 Å². The van der Waals surface area contributed by atoms with Crippen LogP contribution in [0.15, 0.2) is 36.7 Å². The molecular weight excluding hydrogens is 268 g/mol. The number of aromatic nitrogens is 2. The minimum absolute atomic E-state index is 0.000446. The predicted octanol–water partition coefficient (Wildman–Crippen LogP) is 1.70. The van der Waals surface area contributed by atoms with Crippen molar-refractivity contribution < 1.29 is 4.74 Å². The average Bonchev–Trinajstić information content (AvgIpc) is 2.50. The smallest absolute Gasteiger partial charge is 0.248 e. The molecule has 0 bridgehead atoms. The Kier molecular flexibility index (Phi) is 4.52. The van der Waals surface area contributed by atoms with E-state index >= 15 is 0 Å². The Labute approximate surface area is 121 Å². The minimum Gasteiger partial charge on any atom is -0.437 e. The van der Waals surface area contributed by atoms with Crippen LogP contribution >= 0.6 is 0 Å². The summed E-state index contributed by atoms with van der Waals surface area (Å²) in [6.07, 6.45) is 1.28. The molecule has 21 heavy (non-hydrogen) atoms. The Bertz CT molecular complexity index is 673. The van der Waals surface area contributed by atoms with Crippen LogP contribution in [0, 0.1) is 22.7 Å². The SMILES string of the molecule is N#CCN(CC#N)c1ncnc(Oc2ccccc2)c1N. The van der Waals surface area contributed by atoms with Gasteiger partial charge in [0.15, 0.2) is 5.82 Å². The predicted molar refractivity (Wildman–Crippen MR) is 76.4 cm³/mol. The van der Waals surface area contributed by atoms with Crippen LogP contribution in [0.1, 0.15) is 0 Å². The molecule has 0 aliphatic carbocycles. The number of hydrogen-bond donors (Lipinski definition) is 1. The first kappa shape index (κ1) is 14.1. The number of benzene rings is 1. The van der Waals surface area contributed by atoms with Crippen molar-refractivity contribution in [2.75, 3.05) is 23.7 Å². The minimum atomic E-state index is -0.000446. The number of hydrogen-bond acceptors (Lipinski definition) is 7. The monoisotopic (exact) mass is 280 g/mol. The standard InChI is InChI=1S/C14H12N6O/c15-6-8-20(9-7-16)13-12(17)14(19-10-18-13)21-11-4-2-1-3-5-11/h1-5,10H,8-9,17H2. The van der Waals surface area contributed by atoms with Gasteiger partial charge in [0.2, 0.25) is 5.88 Å². The van der Waals surface area contributed by atoms with Gasteiger partial charge in [0.25, 0.3) is 0 Å². The van der Waals surface area contributed by atoms with Crippen molar-refractivity contribution in [2.45, 2.75) is 0 Å². The number of nitrogens with two attached hydrogens (primary N) is 1. The van der Waals surface area contributed by atoms with E-state index in [-0.39, 0.29) is 24.7 Å². The van der Waals surface area contributed by atoms with Crippen molar-refractivity contribution in [2.24, 2.45) is 0 Å². The molecule has 104 valence electrons. The second-order valence-electron chi connectivity index (χ2n) is 4.00. The van der Waals surface area contributed by atoms with Gasteiger partial charge in [0.05, 0.1) is 12.1 Å². The zero-order valence-corrected chi connectivity index (χ0v) is 11.1. The number of anilines is 2. The second-order valence-corrected chi connectivity index (χ2v) is 4.00. The lowest BCUT2D eigenvalue weighted by Crippen LogP contribution is -2.26. The molecule has 0 amide bonds. The number of rotatable bonds is 5. The molecule has 1 aromatic carbocycles. The van der Waals surface area contributed by atoms with Crippen LogP contribution in [0.5, 0.6) is 11.6 Å². The maximum Gasteiger partial charge on any atom is 0.248 e. The molecule has 0 spiro atoms. The highest BCUT2D eigenvalue weighted by atomic mass is 16.5. The number of ether oxygens (including phenoxy) is 1. The van der Waals surface area contributed by atoms with Crippen LogP contribution < -0.4 is 15.4 Å². The maximum absolute atomic E-state index is 8.80. The van der Waals surface area contributed by atoms with Gasteiger partial charge >= 0.3 is 0 Å². The third-order valence-electron chi connectivity index (χ3n) is 2.61. The van der Waals surface area contributed by atoms with Crippen LogP contribution in [0.4, 0.5) is 11.5 Å². The van der Waals surface area contributed by atoms with Crippen molar-refractivity contribution in [1.29, 1.82) is 10.5 Å². The van der Waals surface area contributed by atoms with Gasteiger partial charge in [0, 0.05) is 0 Å². The van der Waals surface area contributed by atoms with Crippen LogP contribution in [-0.2, 0) is 0 Å². The largest absolute Gasteiger partial charge is 0.437 e. The maximum atomic E-state index is 8.80. The summed E-state index contributed by atoms with van der Waals surface area (Å²) in [5, 5.41) is 17.6. The fourth-order valence-electron chi connectivity index (χ4n) is 1.68. The summed E-state index contributed by atoms with van der Waals surface area (Å²) < 4.78 is 5.59. The van der Waals surface area contributed by atoms with E-state index in [4.69, 9.17) is 21.0 Å². The van der Waals surface area contributed by atoms with Crippen molar-refractivity contribution in [1.82, 2.24) is 9.97 Å². The van der Waals surface area contributed by atoms with Gasteiger partial charge in [-0.1, -0.05) is 18.2 Å². The molecule has 0 fully saturated rings. The van der Waals surface area contributed by atoms with E-state index in [0.717, 1.165) is 0 Å². The fourth-order valence-corrected chi connectivity index (χ4v) is 1.68. The molecule has 1 aromatic heterocycles. The second kappa shape index (κ2) is 6.73. The molecule has 0 atom stereocenters. The highest BCUT2D eigenvalue weighted by molar-refractivity contribution is 5.68. The van der Waals surface area contributed by atoms with Gasteiger partial charge in [-0.2, -0.15) is 15.5 Å². The molecule has 2 N–H and O–H groups in total. The molecule has 7 nitrogen and oxygen atoms in total. The Morgan fingerprint density at radius 1 is 1.10 bits per heavy atom. The molecule has 0 aliphatic rings. The first-order chi connectivity index (χ1) is 10.3. The van der Waals surface area contributed by atoms with Crippen molar-refractivity contribution in [3.63, 3.8) is 0 Å². The van der Waals surface area contributed by atoms with Crippen LogP contribution in [0.3, 0.4) is 0 Å². The van der Waals surface area contributed by atoms with Gasteiger partial charge < -0.3 is 15.4 Å². The van der Waals surface area contributed by atoms with E-state index in [9.17, 15) is 0 Å². The Hall–Kier alpha value is -3.32. The summed E-state index contributed by atoms with van der Waals surface area (Å²) in [6.45, 7) is -0.000892. The summed E-state index contributed by atoms with van der Waals surface area (Å²) in [5.41, 5.74) is 6.17. The Balaban J connectivity index is 2.31. The third-order valence-corrected chi connectivity index (χ3v) is 2.61. The number of para-hydroxylation sites is 1. The highest BCUT2D eigenvalue weighted by Gasteiger charge is 2.16. The quantitative estimate of drug-likeness (QED) is 0.829. The van der Waals surface area contributed by atoms with E-state index in [1.54, 1.807) is 12.1 Å². The number of nitrogen functional groups attached to an aromatic ring is 1. The lowest BCUT2D eigenvalue weighted by atomic mass is 10.3. The van der Waals surface area contributed by atoms with Crippen LogP contribution in [0.2, 0.25) is 0 Å². The summed E-state index contributed by atoms with van der Waals surface area (Å²) in [6, 6.07) is 13.0. The van der Waals surface area contributed by atoms with Crippen molar-refractivity contribution in [3.05, 3.63) is 36.7 Å². The molecule has 7 heteroatoms. The Morgan fingerprint density at radius 3 is 2.38 bits per heavy atom. The molecule has 0 radical (unpaired) electrons. The molecular formula is C14H12N6O. The lowest BCUT2D eigenvalue weighted by molar-refractivity contribution is 0.464. The summed E-state index contributed by atoms with van der Waals surface area (Å²) >= 11 is 0. The molecule has 1 heterocycles. The highest BCUT2D eigenvalue weighted by Crippen LogP contribution is 2.30.